The normalized spacial score (nSPS) is 24.3. The van der Waals surface area contributed by atoms with Crippen molar-refractivity contribution in [1.29, 1.82) is 0 Å². The number of likely N-dealkylation sites (tertiary alicyclic amines) is 1. The number of carbonyl (C=O) groups excluding carboxylic acids is 4. The van der Waals surface area contributed by atoms with Crippen molar-refractivity contribution in [2.45, 2.75) is 81.8 Å². The average Bonchev–Trinajstić information content (AvgIpc) is 3.95. The Hall–Kier alpha value is -5.77. The highest BCUT2D eigenvalue weighted by molar-refractivity contribution is 6.02. The molecule has 59 heavy (non-hydrogen) atoms. The van der Waals surface area contributed by atoms with Gasteiger partial charge in [-0.25, -0.2) is 14.8 Å². The number of nitrogens with two attached hydrogens (primary N) is 1. The molecule has 3 atom stereocenters. The van der Waals surface area contributed by atoms with Crippen LogP contribution in [0.2, 0.25) is 0 Å². The molecule has 4 N–H and O–H groups in total. The first-order valence-electron chi connectivity index (χ1n) is 21.1. The van der Waals surface area contributed by atoms with Crippen molar-refractivity contribution in [1.82, 2.24) is 35.1 Å². The molecule has 2 aromatic heterocycles. The Bertz CT molecular complexity index is 2360. The summed E-state index contributed by atoms with van der Waals surface area (Å²) in [4.78, 5) is 67.2. The van der Waals surface area contributed by atoms with E-state index in [1.54, 1.807) is 11.1 Å². The molecule has 16 heteroatoms. The summed E-state index contributed by atoms with van der Waals surface area (Å²) >= 11 is 0. The number of benzene rings is 2. The van der Waals surface area contributed by atoms with Crippen LogP contribution in [0.5, 0.6) is 5.75 Å². The molecule has 6 aliphatic rings. The van der Waals surface area contributed by atoms with Gasteiger partial charge in [-0.3, -0.25) is 19.7 Å². The van der Waals surface area contributed by atoms with Gasteiger partial charge in [0.15, 0.2) is 17.1 Å². The van der Waals surface area contributed by atoms with Crippen LogP contribution in [0.25, 0.3) is 11.0 Å². The zero-order chi connectivity index (χ0) is 40.4. The van der Waals surface area contributed by atoms with Gasteiger partial charge in [-0.15, -0.1) is 0 Å². The summed E-state index contributed by atoms with van der Waals surface area (Å²) in [6.45, 7) is 5.81. The van der Waals surface area contributed by atoms with Gasteiger partial charge in [0, 0.05) is 75.9 Å². The zero-order valence-electron chi connectivity index (χ0n) is 33.4. The number of piperidine rings is 3. The Labute approximate surface area is 341 Å². The number of anilines is 3. The van der Waals surface area contributed by atoms with E-state index in [2.05, 4.69) is 42.7 Å². The molecule has 4 fully saturated rings. The molecule has 0 radical (unpaired) electrons. The number of nitrogens with one attached hydrogen (secondary N) is 2. The number of aryl methyl sites for hydroxylation is 1. The molecule has 1 spiro atoms. The van der Waals surface area contributed by atoms with Gasteiger partial charge in [-0.05, 0) is 99.1 Å². The van der Waals surface area contributed by atoms with Gasteiger partial charge in [-0.2, -0.15) is 0 Å². The Morgan fingerprint density at radius 1 is 1.00 bits per heavy atom. The number of fused-ring (bicyclic) bond motifs is 4. The lowest BCUT2D eigenvalue weighted by Gasteiger charge is -2.45. The van der Waals surface area contributed by atoms with Crippen molar-refractivity contribution in [3.8, 4) is 5.75 Å². The Kier molecular flexibility index (Phi) is 9.41. The van der Waals surface area contributed by atoms with Gasteiger partial charge in [0.05, 0.1) is 18.2 Å². The number of carbonyl (C=O) groups is 4. The quantitative estimate of drug-likeness (QED) is 0.218. The summed E-state index contributed by atoms with van der Waals surface area (Å²) in [5.41, 5.74) is 11.4. The van der Waals surface area contributed by atoms with Crippen molar-refractivity contribution in [2.24, 2.45) is 11.7 Å². The molecule has 5 amide bonds. The number of ether oxygens (including phenoxy) is 1. The minimum absolute atomic E-state index is 0.0646. The molecule has 2 unspecified atom stereocenters. The third kappa shape index (κ3) is 7.00. The Morgan fingerprint density at radius 3 is 2.66 bits per heavy atom. The largest absolute Gasteiger partial charge is 0.487 e. The maximum absolute atomic E-state index is 12.7. The molecule has 0 saturated carbocycles. The number of rotatable bonds is 8. The first-order chi connectivity index (χ1) is 28.6. The number of hydrogen-bond donors (Lipinski definition) is 3. The van der Waals surface area contributed by atoms with Crippen molar-refractivity contribution < 1.29 is 28.4 Å². The molecule has 2 aromatic carbocycles. The molecule has 0 bridgehead atoms. The number of nitrogens with zero attached hydrogens (tertiary/aromatic N) is 7. The molecule has 4 saturated heterocycles. The monoisotopic (exact) mass is 802 g/mol. The Balaban J connectivity index is 0.760. The second kappa shape index (κ2) is 14.8. The van der Waals surface area contributed by atoms with E-state index in [0.29, 0.717) is 42.6 Å². The van der Waals surface area contributed by atoms with Crippen molar-refractivity contribution >= 4 is 52.0 Å². The lowest BCUT2D eigenvalue weighted by Crippen LogP contribution is -2.50. The smallest absolute Gasteiger partial charge is 0.320 e. The lowest BCUT2D eigenvalue weighted by atomic mass is 9.82. The first-order valence-corrected chi connectivity index (χ1v) is 21.1. The number of imide groups is 1. The molecule has 4 aromatic rings. The number of hydrogen-bond acceptors (Lipinski definition) is 12. The maximum atomic E-state index is 12.7. The number of aromatic nitrogens is 3. The van der Waals surface area contributed by atoms with Crippen molar-refractivity contribution in [2.75, 3.05) is 63.1 Å². The molecule has 5 aliphatic heterocycles. The van der Waals surface area contributed by atoms with E-state index in [9.17, 15) is 19.2 Å². The van der Waals surface area contributed by atoms with E-state index in [4.69, 9.17) is 20.0 Å². The van der Waals surface area contributed by atoms with Crippen LogP contribution in [0, 0.1) is 5.92 Å². The van der Waals surface area contributed by atoms with Gasteiger partial charge in [0.1, 0.15) is 22.9 Å². The molecule has 7 heterocycles. The van der Waals surface area contributed by atoms with Gasteiger partial charge in [0.2, 0.25) is 11.8 Å². The SMILES string of the molecule is CN1CCN([C@@H]2CCCN(c3cnc(C(N)=O)c(Nc4ccc5c(c4)CCC4(CCN(CC6Cc7ccc8c(C9CCC(=O)NC9=O)noc8c7C6)CC4)O5)n3)C2)C1=O. The average molecular weight is 803 g/mol. The summed E-state index contributed by atoms with van der Waals surface area (Å²) < 4.78 is 12.7. The van der Waals surface area contributed by atoms with E-state index < -0.39 is 11.8 Å². The van der Waals surface area contributed by atoms with Crippen LogP contribution < -0.4 is 26.0 Å². The van der Waals surface area contributed by atoms with Crippen LogP contribution in [0.4, 0.5) is 22.1 Å². The highest BCUT2D eigenvalue weighted by Gasteiger charge is 2.41. The molecular weight excluding hydrogens is 753 g/mol. The number of likely N-dealkylation sites (N-methyl/N-ethyl adjacent to an activating group) is 1. The van der Waals surface area contributed by atoms with Crippen LogP contribution in [0.3, 0.4) is 0 Å². The lowest BCUT2D eigenvalue weighted by molar-refractivity contribution is -0.134. The van der Waals surface area contributed by atoms with Crippen LogP contribution in [-0.4, -0.2) is 118 Å². The van der Waals surface area contributed by atoms with Gasteiger partial charge < -0.3 is 39.9 Å². The zero-order valence-corrected chi connectivity index (χ0v) is 33.4. The highest BCUT2D eigenvalue weighted by atomic mass is 16.5. The minimum Gasteiger partial charge on any atom is -0.487 e. The standard InChI is InChI=1S/C43H50N10O6/c1-50-17-18-53(42(50)57)29-3-2-14-52(24-29)34-22-45-37(39(44)55)40(47-34)46-28-5-8-33-27(21-28)10-11-43(58-33)12-15-51(16-13-43)23-25-19-26-4-6-30-36(49-59-38(30)32(26)20-25)31-7-9-35(54)48-41(31)56/h4-6,8,21-22,25,29,31H,2-3,7,9-20,23-24H2,1H3,(H2,44,55)(H,46,47)(H,48,54,56)/t25?,29-,31?/m1/s1. The summed E-state index contributed by atoms with van der Waals surface area (Å²) in [6, 6.07) is 10.4. The second-order valence-corrected chi connectivity index (χ2v) is 17.4. The van der Waals surface area contributed by atoms with Gasteiger partial charge >= 0.3 is 6.03 Å². The summed E-state index contributed by atoms with van der Waals surface area (Å²) in [7, 11) is 1.84. The maximum Gasteiger partial charge on any atom is 0.320 e. The van der Waals surface area contributed by atoms with Crippen LogP contribution in [-0.2, 0) is 28.9 Å². The number of amides is 5. The fourth-order valence-electron chi connectivity index (χ4n) is 10.4. The van der Waals surface area contributed by atoms with E-state index in [1.807, 2.05) is 30.1 Å². The molecule has 16 nitrogen and oxygen atoms in total. The van der Waals surface area contributed by atoms with Gasteiger partial charge in [-0.1, -0.05) is 11.2 Å². The highest BCUT2D eigenvalue weighted by Crippen LogP contribution is 2.42. The topological polar surface area (TPSA) is 192 Å². The third-order valence-corrected chi connectivity index (χ3v) is 13.6. The van der Waals surface area contributed by atoms with E-state index in [0.717, 1.165) is 119 Å². The summed E-state index contributed by atoms with van der Waals surface area (Å²) in [5, 5.41) is 11.0. The number of primary amides is 1. The molecular formula is C43H50N10O6. The van der Waals surface area contributed by atoms with Crippen LogP contribution >= 0.6 is 0 Å². The predicted molar refractivity (Wildman–Crippen MR) is 218 cm³/mol. The van der Waals surface area contributed by atoms with E-state index in [1.165, 1.54) is 11.1 Å². The number of urea groups is 1. The fraction of sp³-hybridized carbons (Fsp3) is 0.512. The van der Waals surface area contributed by atoms with E-state index >= 15 is 0 Å². The van der Waals surface area contributed by atoms with Crippen LogP contribution in [0.1, 0.15) is 83.7 Å². The molecule has 308 valence electrons. The second-order valence-electron chi connectivity index (χ2n) is 17.4. The van der Waals surface area contributed by atoms with Crippen LogP contribution in [0.15, 0.2) is 41.1 Å². The molecule has 10 rings (SSSR count). The first kappa shape index (κ1) is 37.5. The molecule has 1 aliphatic carbocycles. The third-order valence-electron chi connectivity index (χ3n) is 13.6. The summed E-state index contributed by atoms with van der Waals surface area (Å²) in [6.07, 6.45) is 9.83. The minimum atomic E-state index is -0.659. The fourth-order valence-corrected chi connectivity index (χ4v) is 10.4. The van der Waals surface area contributed by atoms with Crippen molar-refractivity contribution in [3.05, 3.63) is 64.6 Å². The van der Waals surface area contributed by atoms with Crippen molar-refractivity contribution in [3.63, 3.8) is 0 Å². The Morgan fingerprint density at radius 2 is 1.86 bits per heavy atom. The predicted octanol–water partition coefficient (Wildman–Crippen LogP) is 3.89. The van der Waals surface area contributed by atoms with Gasteiger partial charge in [0.25, 0.3) is 5.91 Å². The summed E-state index contributed by atoms with van der Waals surface area (Å²) in [5.74, 6) is 0.645. The van der Waals surface area contributed by atoms with E-state index in [-0.39, 0.29) is 35.2 Å².